The largest absolute Gasteiger partial charge is 0.481 e. The highest BCUT2D eigenvalue weighted by Gasteiger charge is 2.27. The molecular formula is C15H15N5O3S. The second-order valence-corrected chi connectivity index (χ2v) is 6.78. The van der Waals surface area contributed by atoms with Gasteiger partial charge in [0.25, 0.3) is 5.91 Å². The van der Waals surface area contributed by atoms with E-state index in [0.717, 1.165) is 29.9 Å². The smallest absolute Gasteiger partial charge is 0.258 e. The summed E-state index contributed by atoms with van der Waals surface area (Å²) < 4.78 is 20.7. The zero-order valence-electron chi connectivity index (χ0n) is 12.9. The molecule has 4 heterocycles. The Bertz CT molecular complexity index is 835. The van der Waals surface area contributed by atoms with E-state index in [1.807, 2.05) is 18.3 Å². The Morgan fingerprint density at radius 1 is 1.38 bits per heavy atom. The fourth-order valence-corrected chi connectivity index (χ4v) is 3.64. The molecule has 0 aromatic carbocycles. The van der Waals surface area contributed by atoms with Crippen molar-refractivity contribution in [1.82, 2.24) is 24.4 Å². The first-order valence-corrected chi connectivity index (χ1v) is 8.50. The molecule has 1 atom stereocenters. The molecule has 24 heavy (non-hydrogen) atoms. The van der Waals surface area contributed by atoms with Gasteiger partial charge in [0.05, 0.1) is 12.8 Å². The zero-order chi connectivity index (χ0) is 16.7. The summed E-state index contributed by atoms with van der Waals surface area (Å²) in [5.74, 6) is 0.244. The first-order chi connectivity index (χ1) is 11.6. The maximum absolute atomic E-state index is 11.8. The van der Waals surface area contributed by atoms with Gasteiger partial charge in [0, 0.05) is 49.7 Å². The Morgan fingerprint density at radius 3 is 2.88 bits per heavy atom. The summed E-state index contributed by atoms with van der Waals surface area (Å²) in [5.41, 5.74) is 3.12. The van der Waals surface area contributed by atoms with E-state index >= 15 is 0 Å². The van der Waals surface area contributed by atoms with E-state index in [2.05, 4.69) is 19.7 Å². The van der Waals surface area contributed by atoms with E-state index in [-0.39, 0.29) is 5.91 Å². The number of carbonyl (C=O) groups is 1. The molecule has 1 amide bonds. The first kappa shape index (κ1) is 15.0. The molecule has 0 spiro atoms. The number of nitrogens with one attached hydrogen (secondary N) is 1. The Kier molecular flexibility index (Phi) is 3.66. The molecule has 0 fully saturated rings. The quantitative estimate of drug-likeness (QED) is 0.862. The molecule has 0 bridgehead atoms. The van der Waals surface area contributed by atoms with Crippen LogP contribution in [0.4, 0.5) is 0 Å². The number of aromatic nitrogens is 3. The van der Waals surface area contributed by atoms with Crippen molar-refractivity contribution in [2.24, 2.45) is 0 Å². The van der Waals surface area contributed by atoms with Crippen LogP contribution in [0.3, 0.4) is 0 Å². The van der Waals surface area contributed by atoms with Crippen molar-refractivity contribution in [3.8, 4) is 5.88 Å². The van der Waals surface area contributed by atoms with Gasteiger partial charge >= 0.3 is 0 Å². The molecule has 0 radical (unpaired) electrons. The number of pyridine rings is 1. The lowest BCUT2D eigenvalue weighted by atomic mass is 10.2. The van der Waals surface area contributed by atoms with Gasteiger partial charge in [0.2, 0.25) is 5.88 Å². The fourth-order valence-electron chi connectivity index (χ4n) is 2.82. The van der Waals surface area contributed by atoms with Gasteiger partial charge in [0.15, 0.2) is 16.0 Å². The number of hydrogen-bond acceptors (Lipinski definition) is 6. The van der Waals surface area contributed by atoms with E-state index < -0.39 is 11.0 Å². The third-order valence-electron chi connectivity index (χ3n) is 3.92. The second-order valence-electron chi connectivity index (χ2n) is 5.62. The second kappa shape index (κ2) is 5.84. The van der Waals surface area contributed by atoms with E-state index in [4.69, 9.17) is 4.74 Å². The molecule has 2 aromatic rings. The molecule has 124 valence electrons. The average molecular weight is 345 g/mol. The Balaban J connectivity index is 1.45. The van der Waals surface area contributed by atoms with Gasteiger partial charge in [-0.15, -0.1) is 0 Å². The van der Waals surface area contributed by atoms with Gasteiger partial charge < -0.3 is 4.74 Å². The molecular weight excluding hydrogens is 330 g/mol. The van der Waals surface area contributed by atoms with Crippen LogP contribution in [-0.2, 0) is 35.4 Å². The molecule has 2 aliphatic heterocycles. The monoisotopic (exact) mass is 345 g/mol. The molecule has 1 unspecified atom stereocenters. The number of amides is 1. The number of fused-ring (bicyclic) bond motifs is 1. The van der Waals surface area contributed by atoms with Crippen molar-refractivity contribution >= 4 is 21.9 Å². The summed E-state index contributed by atoms with van der Waals surface area (Å²) in [5, 5.41) is 4.84. The topological polar surface area (TPSA) is 89.4 Å². The summed E-state index contributed by atoms with van der Waals surface area (Å²) in [7, 11) is 0.0635. The molecule has 0 aliphatic carbocycles. The lowest BCUT2D eigenvalue weighted by Crippen LogP contribution is -2.18. The Hall–Kier alpha value is -2.52. The number of hydrogen-bond donors (Lipinski definition) is 1. The summed E-state index contributed by atoms with van der Waals surface area (Å²) in [6.07, 6.45) is 4.96. The van der Waals surface area contributed by atoms with E-state index in [0.29, 0.717) is 17.5 Å². The molecule has 9 heteroatoms. The highest BCUT2D eigenvalue weighted by molar-refractivity contribution is 7.93. The van der Waals surface area contributed by atoms with Crippen LogP contribution in [0.25, 0.3) is 5.03 Å². The molecule has 2 aliphatic rings. The molecule has 1 N–H and O–H groups in total. The van der Waals surface area contributed by atoms with Crippen LogP contribution >= 0.6 is 0 Å². The van der Waals surface area contributed by atoms with Crippen LogP contribution in [0.5, 0.6) is 5.88 Å². The third kappa shape index (κ3) is 2.72. The molecule has 2 aromatic heterocycles. The van der Waals surface area contributed by atoms with Crippen LogP contribution in [0, 0.1) is 0 Å². The lowest BCUT2D eigenvalue weighted by Gasteiger charge is -2.15. The van der Waals surface area contributed by atoms with Gasteiger partial charge in [-0.25, -0.2) is 13.9 Å². The maximum atomic E-state index is 11.8. The van der Waals surface area contributed by atoms with Gasteiger partial charge in [-0.05, 0) is 5.56 Å². The summed E-state index contributed by atoms with van der Waals surface area (Å²) in [4.78, 5) is 17.7. The minimum absolute atomic E-state index is 0.354. The van der Waals surface area contributed by atoms with E-state index in [1.54, 1.807) is 13.3 Å². The Labute approximate surface area is 140 Å². The maximum Gasteiger partial charge on any atom is 0.258 e. The lowest BCUT2D eigenvalue weighted by molar-refractivity contribution is -0.114. The van der Waals surface area contributed by atoms with E-state index in [9.17, 15) is 9.00 Å². The number of nitrogens with zero attached hydrogens (tertiary/aromatic N) is 4. The van der Waals surface area contributed by atoms with Gasteiger partial charge in [-0.3, -0.25) is 14.4 Å². The van der Waals surface area contributed by atoms with Crippen molar-refractivity contribution in [3.05, 3.63) is 47.4 Å². The fraction of sp³-hybridized carbons (Fsp3) is 0.267. The van der Waals surface area contributed by atoms with Crippen LogP contribution in [0.1, 0.15) is 16.8 Å². The average Bonchev–Trinajstić information content (AvgIpc) is 3.20. The minimum Gasteiger partial charge on any atom is -0.481 e. The van der Waals surface area contributed by atoms with Gasteiger partial charge in [0.1, 0.15) is 0 Å². The summed E-state index contributed by atoms with van der Waals surface area (Å²) in [6.45, 7) is 2.22. The minimum atomic E-state index is -1.53. The highest BCUT2D eigenvalue weighted by Crippen LogP contribution is 2.25. The van der Waals surface area contributed by atoms with Crippen molar-refractivity contribution in [3.63, 3.8) is 0 Å². The summed E-state index contributed by atoms with van der Waals surface area (Å²) >= 11 is 0. The molecule has 8 nitrogen and oxygen atoms in total. The third-order valence-corrected chi connectivity index (χ3v) is 4.99. The van der Waals surface area contributed by atoms with Crippen LogP contribution < -0.4 is 9.46 Å². The highest BCUT2D eigenvalue weighted by atomic mass is 32.2. The first-order valence-electron chi connectivity index (χ1n) is 7.35. The number of methoxy groups -OCH3 is 1. The summed E-state index contributed by atoms with van der Waals surface area (Å²) in [6, 6.07) is 3.84. The van der Waals surface area contributed by atoms with Gasteiger partial charge in [-0.2, -0.15) is 5.10 Å². The molecule has 4 rings (SSSR count). The van der Waals surface area contributed by atoms with Gasteiger partial charge in [-0.1, -0.05) is 6.07 Å². The predicted molar refractivity (Wildman–Crippen MR) is 86.5 cm³/mol. The van der Waals surface area contributed by atoms with Crippen molar-refractivity contribution in [2.45, 2.75) is 19.6 Å². The standard InChI is InChI=1S/C15H15N5O3S/c1-23-14-3-2-10(5-16-14)6-19-7-11-8-20(17-12(11)9-19)15-4-13(21)18-24(15)22/h2-5,8H,6-7,9H2,1H3,(H,18,21). The number of rotatable bonds is 4. The van der Waals surface area contributed by atoms with Crippen molar-refractivity contribution in [2.75, 3.05) is 7.11 Å². The Morgan fingerprint density at radius 2 is 2.25 bits per heavy atom. The SMILES string of the molecule is COc1ccc(CN2Cc3cn(C4=CC(=O)NS4=O)nc3C2)cn1. The molecule has 0 saturated carbocycles. The predicted octanol–water partition coefficient (Wildman–Crippen LogP) is 0.394. The molecule has 0 saturated heterocycles. The number of carbonyl (C=O) groups excluding carboxylic acids is 1. The zero-order valence-corrected chi connectivity index (χ0v) is 13.7. The van der Waals surface area contributed by atoms with Crippen molar-refractivity contribution in [1.29, 1.82) is 0 Å². The van der Waals surface area contributed by atoms with E-state index in [1.165, 1.54) is 10.8 Å². The number of ether oxygens (including phenoxy) is 1. The van der Waals surface area contributed by atoms with Crippen LogP contribution in [0.2, 0.25) is 0 Å². The normalized spacial score (nSPS) is 20.0. The van der Waals surface area contributed by atoms with Crippen molar-refractivity contribution < 1.29 is 13.7 Å². The van der Waals surface area contributed by atoms with Crippen LogP contribution in [-0.4, -0.2) is 36.9 Å². The van der Waals surface area contributed by atoms with Crippen LogP contribution in [0.15, 0.2) is 30.6 Å².